The van der Waals surface area contributed by atoms with Crippen molar-refractivity contribution in [1.29, 1.82) is 0 Å². The molecule has 0 aliphatic carbocycles. The average Bonchev–Trinajstić information content (AvgIpc) is 3.17. The van der Waals surface area contributed by atoms with Gasteiger partial charge in [0.05, 0.1) is 13.2 Å². The number of hydrogen-bond donors (Lipinski definition) is 1. The highest BCUT2D eigenvalue weighted by atomic mass is 127. The van der Waals surface area contributed by atoms with Gasteiger partial charge in [-0.25, -0.2) is 4.99 Å². The number of rotatable bonds is 9. The molecule has 7 heteroatoms. The first kappa shape index (κ1) is 26.0. The molecule has 1 aliphatic heterocycles. The number of ether oxygens (including phenoxy) is 1. The fourth-order valence-corrected chi connectivity index (χ4v) is 3.76. The van der Waals surface area contributed by atoms with Crippen molar-refractivity contribution in [1.82, 2.24) is 15.1 Å². The number of likely N-dealkylation sites (tertiary alicyclic amines) is 1. The van der Waals surface area contributed by atoms with Gasteiger partial charge in [-0.15, -0.1) is 24.0 Å². The highest BCUT2D eigenvalue weighted by Crippen LogP contribution is 2.16. The molecule has 1 amide bonds. The van der Waals surface area contributed by atoms with Crippen LogP contribution in [0.15, 0.2) is 53.5 Å². The second-order valence-corrected chi connectivity index (χ2v) is 7.84. The lowest BCUT2D eigenvalue weighted by molar-refractivity contribution is -0.128. The summed E-state index contributed by atoms with van der Waals surface area (Å²) in [5.41, 5.74) is 3.51. The molecule has 0 atom stereocenters. The quantitative estimate of drug-likeness (QED) is 0.285. The highest BCUT2D eigenvalue weighted by molar-refractivity contribution is 14.0. The maximum Gasteiger partial charge on any atom is 0.222 e. The second-order valence-electron chi connectivity index (χ2n) is 7.84. The van der Waals surface area contributed by atoms with Gasteiger partial charge in [-0.1, -0.05) is 36.4 Å². The Morgan fingerprint density at radius 1 is 1.12 bits per heavy atom. The molecule has 1 heterocycles. The topological polar surface area (TPSA) is 57.2 Å². The minimum atomic E-state index is 0. The molecule has 174 valence electrons. The van der Waals surface area contributed by atoms with Crippen molar-refractivity contribution in [3.8, 4) is 5.75 Å². The van der Waals surface area contributed by atoms with E-state index in [1.54, 1.807) is 0 Å². The standard InChI is InChI=1S/C25H34N4O2.HI/c1-4-26-25(28(3)18-20-11-13-23(14-12-20)31-5-2)27-17-21-8-6-9-22(16-21)19-29-15-7-10-24(29)30;/h6,8-9,11-14,16H,4-5,7,10,15,17-19H2,1-3H3,(H,26,27);1H. The van der Waals surface area contributed by atoms with Gasteiger partial charge in [-0.05, 0) is 49.1 Å². The Bertz CT molecular complexity index is 886. The van der Waals surface area contributed by atoms with Crippen molar-refractivity contribution in [3.05, 3.63) is 65.2 Å². The molecule has 1 aliphatic rings. The smallest absolute Gasteiger partial charge is 0.222 e. The van der Waals surface area contributed by atoms with Gasteiger partial charge in [0, 0.05) is 39.6 Å². The Labute approximate surface area is 209 Å². The summed E-state index contributed by atoms with van der Waals surface area (Å²) >= 11 is 0. The summed E-state index contributed by atoms with van der Waals surface area (Å²) in [7, 11) is 2.05. The van der Waals surface area contributed by atoms with E-state index in [-0.39, 0.29) is 29.9 Å². The van der Waals surface area contributed by atoms with E-state index < -0.39 is 0 Å². The lowest BCUT2D eigenvalue weighted by Crippen LogP contribution is -2.38. The maximum absolute atomic E-state index is 11.9. The molecule has 0 radical (unpaired) electrons. The SMILES string of the molecule is CCNC(=NCc1cccc(CN2CCCC2=O)c1)N(C)Cc1ccc(OCC)cc1.I. The molecule has 0 spiro atoms. The monoisotopic (exact) mass is 550 g/mol. The molecule has 1 N–H and O–H groups in total. The van der Waals surface area contributed by atoms with E-state index >= 15 is 0 Å². The minimum Gasteiger partial charge on any atom is -0.494 e. The van der Waals surface area contributed by atoms with Gasteiger partial charge in [0.25, 0.3) is 0 Å². The molecule has 0 aromatic heterocycles. The molecule has 1 saturated heterocycles. The van der Waals surface area contributed by atoms with Crippen LogP contribution >= 0.6 is 24.0 Å². The largest absolute Gasteiger partial charge is 0.494 e. The normalized spacial score (nSPS) is 13.7. The molecule has 6 nitrogen and oxygen atoms in total. The zero-order valence-corrected chi connectivity index (χ0v) is 21.7. The number of guanidine groups is 1. The van der Waals surface area contributed by atoms with Gasteiger partial charge in [-0.2, -0.15) is 0 Å². The van der Waals surface area contributed by atoms with E-state index in [0.29, 0.717) is 26.1 Å². The van der Waals surface area contributed by atoms with Gasteiger partial charge in [-0.3, -0.25) is 4.79 Å². The summed E-state index contributed by atoms with van der Waals surface area (Å²) in [4.78, 5) is 20.8. The number of carbonyl (C=O) groups excluding carboxylic acids is 1. The summed E-state index contributed by atoms with van der Waals surface area (Å²) in [6.45, 7) is 8.45. The summed E-state index contributed by atoms with van der Waals surface area (Å²) in [5.74, 6) is 2.02. The molecule has 32 heavy (non-hydrogen) atoms. The number of amides is 1. The van der Waals surface area contributed by atoms with Crippen molar-refractivity contribution in [2.45, 2.75) is 46.3 Å². The van der Waals surface area contributed by atoms with Crippen LogP contribution in [0.25, 0.3) is 0 Å². The second kappa shape index (κ2) is 13.3. The molecule has 0 bridgehead atoms. The third kappa shape index (κ3) is 7.69. The summed E-state index contributed by atoms with van der Waals surface area (Å²) in [6, 6.07) is 16.6. The maximum atomic E-state index is 11.9. The van der Waals surface area contributed by atoms with Crippen LogP contribution in [0, 0.1) is 0 Å². The fourth-order valence-electron chi connectivity index (χ4n) is 3.76. The summed E-state index contributed by atoms with van der Waals surface area (Å²) < 4.78 is 5.53. The predicted molar refractivity (Wildman–Crippen MR) is 140 cm³/mol. The van der Waals surface area contributed by atoms with Crippen LogP contribution in [-0.2, 0) is 24.4 Å². The van der Waals surface area contributed by atoms with Gasteiger partial charge >= 0.3 is 0 Å². The highest BCUT2D eigenvalue weighted by Gasteiger charge is 2.19. The van der Waals surface area contributed by atoms with Crippen molar-refractivity contribution in [3.63, 3.8) is 0 Å². The predicted octanol–water partition coefficient (Wildman–Crippen LogP) is 4.42. The molecular formula is C25H35IN4O2. The molecule has 2 aromatic rings. The lowest BCUT2D eigenvalue weighted by atomic mass is 10.1. The lowest BCUT2D eigenvalue weighted by Gasteiger charge is -2.22. The molecule has 0 saturated carbocycles. The van der Waals surface area contributed by atoms with E-state index in [1.165, 1.54) is 5.56 Å². The first-order valence-electron chi connectivity index (χ1n) is 11.2. The summed E-state index contributed by atoms with van der Waals surface area (Å²) in [6.07, 6.45) is 1.65. The van der Waals surface area contributed by atoms with Crippen LogP contribution in [0.4, 0.5) is 0 Å². The van der Waals surface area contributed by atoms with Gasteiger partial charge in [0.2, 0.25) is 5.91 Å². The number of nitrogens with one attached hydrogen (secondary N) is 1. The van der Waals surface area contributed by atoms with E-state index in [1.807, 2.05) is 31.0 Å². The first-order chi connectivity index (χ1) is 15.1. The van der Waals surface area contributed by atoms with E-state index in [2.05, 4.69) is 53.5 Å². The van der Waals surface area contributed by atoms with Crippen molar-refractivity contribution < 1.29 is 9.53 Å². The summed E-state index contributed by atoms with van der Waals surface area (Å²) in [5, 5.41) is 3.38. The number of benzene rings is 2. The fraction of sp³-hybridized carbons (Fsp3) is 0.440. The Morgan fingerprint density at radius 2 is 1.88 bits per heavy atom. The first-order valence-corrected chi connectivity index (χ1v) is 11.2. The van der Waals surface area contributed by atoms with Gasteiger partial charge < -0.3 is 19.9 Å². The van der Waals surface area contributed by atoms with Gasteiger partial charge in [0.15, 0.2) is 5.96 Å². The minimum absolute atomic E-state index is 0. The van der Waals surface area contributed by atoms with Crippen molar-refractivity contribution in [2.75, 3.05) is 26.7 Å². The molecule has 0 unspecified atom stereocenters. The van der Waals surface area contributed by atoms with Gasteiger partial charge in [0.1, 0.15) is 5.75 Å². The number of halogens is 1. The molecule has 3 rings (SSSR count). The third-order valence-electron chi connectivity index (χ3n) is 5.30. The molecular weight excluding hydrogens is 515 g/mol. The van der Waals surface area contributed by atoms with E-state index in [4.69, 9.17) is 9.73 Å². The number of aliphatic imine (C=N–C) groups is 1. The van der Waals surface area contributed by atoms with E-state index in [9.17, 15) is 4.79 Å². The zero-order valence-electron chi connectivity index (χ0n) is 19.3. The zero-order chi connectivity index (χ0) is 22.1. The number of nitrogens with zero attached hydrogens (tertiary/aromatic N) is 3. The van der Waals surface area contributed by atoms with Crippen LogP contribution in [0.3, 0.4) is 0 Å². The average molecular weight is 550 g/mol. The van der Waals surface area contributed by atoms with Crippen LogP contribution in [0.2, 0.25) is 0 Å². The molecule has 1 fully saturated rings. The Balaban J connectivity index is 0.00000363. The van der Waals surface area contributed by atoms with Crippen LogP contribution in [0.1, 0.15) is 43.4 Å². The van der Waals surface area contributed by atoms with Crippen LogP contribution in [-0.4, -0.2) is 48.4 Å². The Kier molecular flexibility index (Phi) is 10.8. The van der Waals surface area contributed by atoms with Crippen molar-refractivity contribution >= 4 is 35.8 Å². The number of hydrogen-bond acceptors (Lipinski definition) is 3. The van der Waals surface area contributed by atoms with Crippen LogP contribution < -0.4 is 10.1 Å². The Hall–Kier alpha value is -2.29. The number of carbonyl (C=O) groups is 1. The van der Waals surface area contributed by atoms with Crippen LogP contribution in [0.5, 0.6) is 5.75 Å². The Morgan fingerprint density at radius 3 is 2.53 bits per heavy atom. The molecule has 2 aromatic carbocycles. The third-order valence-corrected chi connectivity index (χ3v) is 5.30. The van der Waals surface area contributed by atoms with E-state index in [0.717, 1.165) is 48.9 Å². The van der Waals surface area contributed by atoms with Crippen molar-refractivity contribution in [2.24, 2.45) is 4.99 Å².